The van der Waals surface area contributed by atoms with Crippen LogP contribution >= 0.6 is 0 Å². The monoisotopic (exact) mass is 313 g/mol. The molecule has 3 rings (SSSR count). The number of pyridine rings is 1. The van der Waals surface area contributed by atoms with Crippen molar-refractivity contribution in [1.82, 2.24) is 14.9 Å². The van der Waals surface area contributed by atoms with E-state index in [2.05, 4.69) is 10.3 Å². The molecule has 7 heteroatoms. The van der Waals surface area contributed by atoms with Crippen LogP contribution in [0, 0.1) is 0 Å². The SMILES string of the molecule is NCCNC(=O)c1c(=O)n(CCN)cc2c1[nH]c1ccccc12. The number of carbonyl (C=O) groups is 1. The third-order valence-corrected chi connectivity index (χ3v) is 3.78. The summed E-state index contributed by atoms with van der Waals surface area (Å²) in [6, 6.07) is 7.68. The molecule has 1 amide bonds. The van der Waals surface area contributed by atoms with Crippen LogP contribution in [0.5, 0.6) is 0 Å². The van der Waals surface area contributed by atoms with E-state index < -0.39 is 5.91 Å². The summed E-state index contributed by atoms with van der Waals surface area (Å²) in [5, 5.41) is 4.45. The third kappa shape index (κ3) is 2.60. The summed E-state index contributed by atoms with van der Waals surface area (Å²) in [6.07, 6.45) is 1.75. The fourth-order valence-corrected chi connectivity index (χ4v) is 2.75. The lowest BCUT2D eigenvalue weighted by atomic mass is 10.1. The first-order valence-corrected chi connectivity index (χ1v) is 7.49. The smallest absolute Gasteiger partial charge is 0.265 e. The van der Waals surface area contributed by atoms with Crippen LogP contribution in [0.25, 0.3) is 21.8 Å². The third-order valence-electron chi connectivity index (χ3n) is 3.78. The van der Waals surface area contributed by atoms with Gasteiger partial charge in [-0.25, -0.2) is 0 Å². The van der Waals surface area contributed by atoms with Crippen LogP contribution in [0.4, 0.5) is 0 Å². The van der Waals surface area contributed by atoms with E-state index in [4.69, 9.17) is 11.5 Å². The first kappa shape index (κ1) is 15.3. The van der Waals surface area contributed by atoms with Crippen molar-refractivity contribution in [2.45, 2.75) is 6.54 Å². The predicted octanol–water partition coefficient (Wildman–Crippen LogP) is 0.130. The molecule has 2 aromatic heterocycles. The van der Waals surface area contributed by atoms with Gasteiger partial charge < -0.3 is 26.3 Å². The molecule has 3 aromatic rings. The highest BCUT2D eigenvalue weighted by Gasteiger charge is 2.19. The molecular formula is C16H19N5O2. The van der Waals surface area contributed by atoms with Crippen LogP contribution in [0.2, 0.25) is 0 Å². The van der Waals surface area contributed by atoms with E-state index in [0.717, 1.165) is 16.3 Å². The average Bonchev–Trinajstić information content (AvgIpc) is 2.91. The lowest BCUT2D eigenvalue weighted by Crippen LogP contribution is -2.36. The van der Waals surface area contributed by atoms with E-state index in [1.165, 1.54) is 4.57 Å². The first-order chi connectivity index (χ1) is 11.2. The minimum Gasteiger partial charge on any atom is -0.354 e. The standard InChI is InChI=1S/C16H19N5O2/c17-5-7-19-15(22)13-14-11(9-21(8-6-18)16(13)23)10-3-1-2-4-12(10)20-14/h1-4,9,20H,5-8,17-18H2,(H,19,22). The maximum absolute atomic E-state index is 12.6. The number of nitrogens with two attached hydrogens (primary N) is 2. The summed E-state index contributed by atoms with van der Waals surface area (Å²) >= 11 is 0. The predicted molar refractivity (Wildman–Crippen MR) is 90.5 cm³/mol. The number of carbonyl (C=O) groups excluding carboxylic acids is 1. The van der Waals surface area contributed by atoms with Gasteiger partial charge in [0.05, 0.1) is 5.52 Å². The van der Waals surface area contributed by atoms with Gasteiger partial charge in [0.25, 0.3) is 11.5 Å². The van der Waals surface area contributed by atoms with Crippen molar-refractivity contribution < 1.29 is 4.79 Å². The van der Waals surface area contributed by atoms with Crippen molar-refractivity contribution in [1.29, 1.82) is 0 Å². The van der Waals surface area contributed by atoms with Crippen LogP contribution in [-0.2, 0) is 6.54 Å². The highest BCUT2D eigenvalue weighted by atomic mass is 16.2. The molecule has 0 radical (unpaired) electrons. The van der Waals surface area contributed by atoms with Crippen LogP contribution < -0.4 is 22.3 Å². The highest BCUT2D eigenvalue weighted by Crippen LogP contribution is 2.25. The van der Waals surface area contributed by atoms with Gasteiger partial charge in [-0.3, -0.25) is 9.59 Å². The van der Waals surface area contributed by atoms with Crippen molar-refractivity contribution in [3.05, 3.63) is 46.4 Å². The van der Waals surface area contributed by atoms with Crippen molar-refractivity contribution >= 4 is 27.7 Å². The Bertz CT molecular complexity index is 925. The molecule has 0 aliphatic rings. The molecule has 0 aliphatic carbocycles. The van der Waals surface area contributed by atoms with Crippen molar-refractivity contribution in [3.8, 4) is 0 Å². The zero-order valence-electron chi connectivity index (χ0n) is 12.6. The van der Waals surface area contributed by atoms with Gasteiger partial charge in [0.15, 0.2) is 0 Å². The molecule has 0 aliphatic heterocycles. The molecule has 0 unspecified atom stereocenters. The summed E-state index contributed by atoms with van der Waals surface area (Å²) < 4.78 is 1.49. The van der Waals surface area contributed by atoms with E-state index in [1.807, 2.05) is 24.3 Å². The topological polar surface area (TPSA) is 119 Å². The molecule has 0 spiro atoms. The normalized spacial score (nSPS) is 11.2. The van der Waals surface area contributed by atoms with Crippen LogP contribution in [0.15, 0.2) is 35.3 Å². The van der Waals surface area contributed by atoms with Gasteiger partial charge in [-0.2, -0.15) is 0 Å². The molecule has 0 atom stereocenters. The summed E-state index contributed by atoms with van der Waals surface area (Å²) in [5.41, 5.74) is 12.2. The molecule has 7 nitrogen and oxygen atoms in total. The van der Waals surface area contributed by atoms with Crippen molar-refractivity contribution in [2.75, 3.05) is 19.6 Å². The molecular weight excluding hydrogens is 294 g/mol. The van der Waals surface area contributed by atoms with E-state index in [1.54, 1.807) is 6.20 Å². The van der Waals surface area contributed by atoms with E-state index in [9.17, 15) is 9.59 Å². The zero-order valence-corrected chi connectivity index (χ0v) is 12.6. The number of para-hydroxylation sites is 1. The second kappa shape index (κ2) is 6.23. The number of hydrogen-bond donors (Lipinski definition) is 4. The number of fused-ring (bicyclic) bond motifs is 3. The minimum atomic E-state index is -0.427. The number of nitrogens with zero attached hydrogens (tertiary/aromatic N) is 1. The maximum atomic E-state index is 12.6. The number of amides is 1. The van der Waals surface area contributed by atoms with Crippen molar-refractivity contribution in [3.63, 3.8) is 0 Å². The van der Waals surface area contributed by atoms with Gasteiger partial charge in [-0.05, 0) is 6.07 Å². The highest BCUT2D eigenvalue weighted by molar-refractivity contribution is 6.14. The molecule has 120 valence electrons. The number of hydrogen-bond acceptors (Lipinski definition) is 4. The number of benzene rings is 1. The van der Waals surface area contributed by atoms with E-state index >= 15 is 0 Å². The molecule has 0 saturated heterocycles. The summed E-state index contributed by atoms with van der Waals surface area (Å²) in [7, 11) is 0. The second-order valence-corrected chi connectivity index (χ2v) is 5.30. The van der Waals surface area contributed by atoms with E-state index in [0.29, 0.717) is 31.7 Å². The Hall–Kier alpha value is -2.64. The molecule has 2 heterocycles. The van der Waals surface area contributed by atoms with Crippen molar-refractivity contribution in [2.24, 2.45) is 11.5 Å². The largest absolute Gasteiger partial charge is 0.354 e. The van der Waals surface area contributed by atoms with Gasteiger partial charge in [0, 0.05) is 48.7 Å². The fraction of sp³-hybridized carbons (Fsp3) is 0.250. The van der Waals surface area contributed by atoms with E-state index in [-0.39, 0.29) is 11.1 Å². The Morgan fingerprint density at radius 3 is 2.70 bits per heavy atom. The first-order valence-electron chi connectivity index (χ1n) is 7.49. The average molecular weight is 313 g/mol. The zero-order chi connectivity index (χ0) is 16.4. The molecule has 1 aromatic carbocycles. The van der Waals surface area contributed by atoms with Gasteiger partial charge in [0.1, 0.15) is 5.56 Å². The Morgan fingerprint density at radius 1 is 1.17 bits per heavy atom. The summed E-state index contributed by atoms with van der Waals surface area (Å²) in [5.74, 6) is -0.427. The fourth-order valence-electron chi connectivity index (χ4n) is 2.75. The van der Waals surface area contributed by atoms with Crippen LogP contribution in [0.1, 0.15) is 10.4 Å². The van der Waals surface area contributed by atoms with Gasteiger partial charge >= 0.3 is 0 Å². The Morgan fingerprint density at radius 2 is 1.96 bits per heavy atom. The Labute approximate surface area is 132 Å². The number of aromatic amines is 1. The Balaban J connectivity index is 2.32. The lowest BCUT2D eigenvalue weighted by Gasteiger charge is -2.09. The molecule has 0 bridgehead atoms. The van der Waals surface area contributed by atoms with Gasteiger partial charge in [-0.1, -0.05) is 18.2 Å². The quantitative estimate of drug-likeness (QED) is 0.535. The van der Waals surface area contributed by atoms with Gasteiger partial charge in [0.2, 0.25) is 0 Å². The Kier molecular flexibility index (Phi) is 4.14. The molecule has 23 heavy (non-hydrogen) atoms. The molecule has 0 fully saturated rings. The number of rotatable bonds is 5. The number of nitrogens with one attached hydrogen (secondary N) is 2. The van der Waals surface area contributed by atoms with Crippen LogP contribution in [0.3, 0.4) is 0 Å². The number of aromatic nitrogens is 2. The lowest BCUT2D eigenvalue weighted by molar-refractivity contribution is 0.0954. The summed E-state index contributed by atoms with van der Waals surface area (Å²) in [6.45, 7) is 1.29. The minimum absolute atomic E-state index is 0.0978. The van der Waals surface area contributed by atoms with Gasteiger partial charge in [-0.15, -0.1) is 0 Å². The maximum Gasteiger partial charge on any atom is 0.265 e. The second-order valence-electron chi connectivity index (χ2n) is 5.30. The van der Waals surface area contributed by atoms with Crippen LogP contribution in [-0.4, -0.2) is 35.1 Å². The molecule has 0 saturated carbocycles. The number of H-pyrrole nitrogens is 1. The summed E-state index contributed by atoms with van der Waals surface area (Å²) in [4.78, 5) is 28.3. The molecule has 6 N–H and O–H groups in total.